The van der Waals surface area contributed by atoms with E-state index in [1.54, 1.807) is 37.4 Å². The zero-order valence-electron chi connectivity index (χ0n) is 18.1. The van der Waals surface area contributed by atoms with E-state index in [-0.39, 0.29) is 17.5 Å². The van der Waals surface area contributed by atoms with Gasteiger partial charge in [0.25, 0.3) is 5.91 Å². The van der Waals surface area contributed by atoms with Crippen molar-refractivity contribution < 1.29 is 19.1 Å². The average Bonchev–Trinajstić information content (AvgIpc) is 2.78. The van der Waals surface area contributed by atoms with Crippen LogP contribution in [0.5, 0.6) is 0 Å². The van der Waals surface area contributed by atoms with Gasteiger partial charge in [-0.2, -0.15) is 4.98 Å². The smallest absolute Gasteiger partial charge is 0.274 e. The fourth-order valence-corrected chi connectivity index (χ4v) is 3.02. The van der Waals surface area contributed by atoms with Gasteiger partial charge in [-0.3, -0.25) is 9.59 Å². The summed E-state index contributed by atoms with van der Waals surface area (Å²) >= 11 is 0. The third-order valence-electron chi connectivity index (χ3n) is 4.71. The molecule has 2 aromatic rings. The second kappa shape index (κ2) is 10.7. The van der Waals surface area contributed by atoms with Crippen LogP contribution >= 0.6 is 0 Å². The van der Waals surface area contributed by atoms with Gasteiger partial charge in [0.1, 0.15) is 11.5 Å². The van der Waals surface area contributed by atoms with Crippen LogP contribution in [0.15, 0.2) is 30.3 Å². The summed E-state index contributed by atoms with van der Waals surface area (Å²) in [7, 11) is 3.54. The second-order valence-corrected chi connectivity index (χ2v) is 7.14. The van der Waals surface area contributed by atoms with E-state index in [1.165, 1.54) is 6.92 Å². The van der Waals surface area contributed by atoms with Gasteiger partial charge in [0.15, 0.2) is 0 Å². The summed E-state index contributed by atoms with van der Waals surface area (Å²) in [5.41, 5.74) is 1.52. The first-order chi connectivity index (χ1) is 15.0. The lowest BCUT2D eigenvalue weighted by Crippen LogP contribution is -2.38. The summed E-state index contributed by atoms with van der Waals surface area (Å²) in [6.07, 6.45) is 0. The molecule has 1 saturated heterocycles. The summed E-state index contributed by atoms with van der Waals surface area (Å²) in [6, 6.07) is 8.55. The number of amides is 2. The van der Waals surface area contributed by atoms with E-state index in [9.17, 15) is 9.59 Å². The molecule has 0 radical (unpaired) electrons. The highest BCUT2D eigenvalue weighted by Crippen LogP contribution is 2.20. The largest absolute Gasteiger partial charge is 0.383 e. The van der Waals surface area contributed by atoms with E-state index in [0.717, 1.165) is 0 Å². The molecule has 1 aromatic carbocycles. The molecule has 0 atom stereocenters. The zero-order valence-corrected chi connectivity index (χ0v) is 18.1. The highest BCUT2D eigenvalue weighted by atomic mass is 16.5. The monoisotopic (exact) mass is 428 g/mol. The van der Waals surface area contributed by atoms with Gasteiger partial charge in [0, 0.05) is 58.2 Å². The Morgan fingerprint density at radius 3 is 2.39 bits per heavy atom. The molecule has 1 aliphatic rings. The lowest BCUT2D eigenvalue weighted by atomic mass is 10.2. The number of rotatable bonds is 8. The fourth-order valence-electron chi connectivity index (χ4n) is 3.02. The van der Waals surface area contributed by atoms with Crippen LogP contribution in [-0.4, -0.2) is 75.4 Å². The summed E-state index contributed by atoms with van der Waals surface area (Å²) in [5.74, 6) is 0.639. The van der Waals surface area contributed by atoms with E-state index < -0.39 is 0 Å². The lowest BCUT2D eigenvalue weighted by molar-refractivity contribution is -0.114. The maximum Gasteiger partial charge on any atom is 0.274 e. The Morgan fingerprint density at radius 2 is 1.77 bits per heavy atom. The Labute approximate surface area is 181 Å². The molecule has 1 aliphatic heterocycles. The van der Waals surface area contributed by atoms with Crippen molar-refractivity contribution in [3.05, 3.63) is 36.0 Å². The van der Waals surface area contributed by atoms with E-state index >= 15 is 0 Å². The predicted octanol–water partition coefficient (Wildman–Crippen LogP) is 1.61. The van der Waals surface area contributed by atoms with Crippen molar-refractivity contribution in [1.82, 2.24) is 9.97 Å². The number of nitrogens with zero attached hydrogens (tertiary/aromatic N) is 4. The minimum atomic E-state index is -0.342. The van der Waals surface area contributed by atoms with Crippen LogP contribution in [0.25, 0.3) is 0 Å². The number of aromatic nitrogens is 2. The van der Waals surface area contributed by atoms with Gasteiger partial charge in [0.2, 0.25) is 11.9 Å². The summed E-state index contributed by atoms with van der Waals surface area (Å²) in [5, 5.41) is 5.54. The first kappa shape index (κ1) is 22.4. The van der Waals surface area contributed by atoms with Crippen molar-refractivity contribution in [2.45, 2.75) is 6.92 Å². The van der Waals surface area contributed by atoms with Crippen LogP contribution in [0.2, 0.25) is 0 Å². The van der Waals surface area contributed by atoms with Gasteiger partial charge in [-0.05, 0) is 24.3 Å². The molecular formula is C21H28N6O4. The molecule has 10 heteroatoms. The standard InChI is InChI=1S/C21H28N6O4/c1-15(28)22-16-4-6-17(7-5-16)23-20(29)18-14-19(26(2)8-11-30-3)25-21(24-18)27-9-12-31-13-10-27/h4-7,14H,8-13H2,1-3H3,(H,22,28)(H,23,29). The number of nitrogens with one attached hydrogen (secondary N) is 2. The van der Waals surface area contributed by atoms with Gasteiger partial charge >= 0.3 is 0 Å². The maximum absolute atomic E-state index is 12.9. The van der Waals surface area contributed by atoms with Crippen LogP contribution in [0, 0.1) is 0 Å². The molecule has 0 bridgehead atoms. The number of morpholine rings is 1. The van der Waals surface area contributed by atoms with Gasteiger partial charge in [0.05, 0.1) is 19.8 Å². The number of ether oxygens (including phenoxy) is 2. The number of carbonyl (C=O) groups is 2. The number of likely N-dealkylation sites (N-methyl/N-ethyl adjacent to an activating group) is 1. The highest BCUT2D eigenvalue weighted by molar-refractivity contribution is 6.03. The van der Waals surface area contributed by atoms with Crippen molar-refractivity contribution in [3.63, 3.8) is 0 Å². The minimum Gasteiger partial charge on any atom is -0.383 e. The van der Waals surface area contributed by atoms with Crippen molar-refractivity contribution in [3.8, 4) is 0 Å². The molecule has 1 fully saturated rings. The zero-order chi connectivity index (χ0) is 22.2. The molecule has 2 heterocycles. The third kappa shape index (κ3) is 6.37. The highest BCUT2D eigenvalue weighted by Gasteiger charge is 2.20. The molecule has 0 saturated carbocycles. The quantitative estimate of drug-likeness (QED) is 0.653. The molecule has 0 spiro atoms. The van der Waals surface area contributed by atoms with Crippen molar-refractivity contribution in [2.75, 3.05) is 74.0 Å². The SMILES string of the molecule is COCCN(C)c1cc(C(=O)Nc2ccc(NC(C)=O)cc2)nc(N2CCOCC2)n1. The van der Waals surface area contributed by atoms with E-state index in [2.05, 4.69) is 20.6 Å². The fraction of sp³-hybridized carbons (Fsp3) is 0.429. The maximum atomic E-state index is 12.9. The Kier molecular flexibility index (Phi) is 7.74. The number of benzene rings is 1. The number of hydrogen-bond donors (Lipinski definition) is 2. The van der Waals surface area contributed by atoms with Gasteiger partial charge in [-0.1, -0.05) is 0 Å². The molecule has 0 aliphatic carbocycles. The Hall–Kier alpha value is -3.24. The summed E-state index contributed by atoms with van der Waals surface area (Å²) < 4.78 is 10.6. The van der Waals surface area contributed by atoms with Crippen LogP contribution in [-0.2, 0) is 14.3 Å². The first-order valence-electron chi connectivity index (χ1n) is 10.1. The molecule has 3 rings (SSSR count). The second-order valence-electron chi connectivity index (χ2n) is 7.14. The lowest BCUT2D eigenvalue weighted by Gasteiger charge is -2.28. The molecule has 31 heavy (non-hydrogen) atoms. The molecule has 2 amide bonds. The topological polar surface area (TPSA) is 109 Å². The van der Waals surface area contributed by atoms with Crippen molar-refractivity contribution in [2.24, 2.45) is 0 Å². The van der Waals surface area contributed by atoms with E-state index in [4.69, 9.17) is 9.47 Å². The van der Waals surface area contributed by atoms with E-state index in [0.29, 0.717) is 62.6 Å². The average molecular weight is 428 g/mol. The molecule has 10 nitrogen and oxygen atoms in total. The number of hydrogen-bond acceptors (Lipinski definition) is 8. The van der Waals surface area contributed by atoms with Gasteiger partial charge in [-0.25, -0.2) is 4.98 Å². The molecule has 2 N–H and O–H groups in total. The van der Waals surface area contributed by atoms with Crippen LogP contribution in [0.1, 0.15) is 17.4 Å². The van der Waals surface area contributed by atoms with Gasteiger partial charge < -0.3 is 29.9 Å². The number of carbonyl (C=O) groups excluding carboxylic acids is 2. The normalized spacial score (nSPS) is 13.6. The van der Waals surface area contributed by atoms with E-state index in [1.807, 2.05) is 16.8 Å². The Balaban J connectivity index is 1.81. The van der Waals surface area contributed by atoms with Crippen LogP contribution in [0.4, 0.5) is 23.1 Å². The summed E-state index contributed by atoms with van der Waals surface area (Å²) in [6.45, 7) is 5.12. The number of anilines is 4. The predicted molar refractivity (Wildman–Crippen MR) is 119 cm³/mol. The van der Waals surface area contributed by atoms with Crippen LogP contribution in [0.3, 0.4) is 0 Å². The van der Waals surface area contributed by atoms with Gasteiger partial charge in [-0.15, -0.1) is 0 Å². The molecule has 1 aromatic heterocycles. The number of methoxy groups -OCH3 is 1. The molecule has 166 valence electrons. The molecule has 0 unspecified atom stereocenters. The Morgan fingerprint density at radius 1 is 1.13 bits per heavy atom. The minimum absolute atomic E-state index is 0.154. The summed E-state index contributed by atoms with van der Waals surface area (Å²) in [4.78, 5) is 37.2. The third-order valence-corrected chi connectivity index (χ3v) is 4.71. The van der Waals surface area contributed by atoms with Crippen molar-refractivity contribution in [1.29, 1.82) is 0 Å². The Bertz CT molecular complexity index is 899. The molecular weight excluding hydrogens is 400 g/mol. The first-order valence-corrected chi connectivity index (χ1v) is 10.1. The van der Waals surface area contributed by atoms with Crippen molar-refractivity contribution >= 4 is 35.0 Å². The van der Waals surface area contributed by atoms with Crippen LogP contribution < -0.4 is 20.4 Å².